The molecule has 4 rings (SSSR count). The van der Waals surface area contributed by atoms with Crippen LogP contribution in [0.2, 0.25) is 0 Å². The lowest BCUT2D eigenvalue weighted by molar-refractivity contribution is 0.490. The predicted octanol–water partition coefficient (Wildman–Crippen LogP) is 4.14. The van der Waals surface area contributed by atoms with Crippen LogP contribution in [0.4, 0.5) is 0 Å². The predicted molar refractivity (Wildman–Crippen MR) is 63.3 cm³/mol. The van der Waals surface area contributed by atoms with Gasteiger partial charge in [0.15, 0.2) is 0 Å². The smallest absolute Gasteiger partial charge is 0.299 e. The van der Waals surface area contributed by atoms with Gasteiger partial charge in [-0.15, -0.1) is 0 Å². The third kappa shape index (κ3) is 0.915. The fourth-order valence-corrected chi connectivity index (χ4v) is 2.47. The van der Waals surface area contributed by atoms with Gasteiger partial charge in [0.05, 0.1) is 5.39 Å². The van der Waals surface area contributed by atoms with Gasteiger partial charge in [-0.2, -0.15) is 0 Å². The molecule has 1 aliphatic rings. The van der Waals surface area contributed by atoms with E-state index in [2.05, 4.69) is 12.1 Å². The topological polar surface area (TPSA) is 26.3 Å². The van der Waals surface area contributed by atoms with Crippen LogP contribution in [0.25, 0.3) is 28.2 Å². The molecule has 0 atom stereocenters. The Hall–Kier alpha value is -1.96. The Balaban J connectivity index is 2.23. The molecule has 0 N–H and O–H groups in total. The number of rotatable bonds is 0. The average Bonchev–Trinajstić information content (AvgIpc) is 2.83. The molecule has 2 nitrogen and oxygen atoms in total. The maximum atomic E-state index is 5.72. The standard InChI is InChI=1S/C14H10O2/c1-3-7-11-9(5-1)13-10-6-2-4-8-12(10)16-14(13)15-11/h1,3-5,7-8H,2,6H2. The Morgan fingerprint density at radius 1 is 1.06 bits per heavy atom. The molecule has 0 saturated carbocycles. The minimum absolute atomic E-state index is 0.665. The molecule has 16 heavy (non-hydrogen) atoms. The second-order valence-corrected chi connectivity index (χ2v) is 4.15. The van der Waals surface area contributed by atoms with E-state index in [1.165, 1.54) is 5.56 Å². The minimum atomic E-state index is 0.665. The average molecular weight is 210 g/mol. The van der Waals surface area contributed by atoms with Crippen molar-refractivity contribution in [3.8, 4) is 0 Å². The second kappa shape index (κ2) is 2.79. The van der Waals surface area contributed by atoms with Crippen LogP contribution in [0.1, 0.15) is 17.7 Å². The van der Waals surface area contributed by atoms with Crippen molar-refractivity contribution in [1.82, 2.24) is 0 Å². The molecule has 0 amide bonds. The zero-order chi connectivity index (χ0) is 10.5. The van der Waals surface area contributed by atoms with Crippen molar-refractivity contribution in [1.29, 1.82) is 0 Å². The summed E-state index contributed by atoms with van der Waals surface area (Å²) in [5.74, 6) is 1.63. The summed E-state index contributed by atoms with van der Waals surface area (Å²) in [6.07, 6.45) is 6.32. The molecule has 0 aliphatic heterocycles. The van der Waals surface area contributed by atoms with E-state index in [4.69, 9.17) is 8.83 Å². The van der Waals surface area contributed by atoms with Crippen LogP contribution >= 0.6 is 0 Å². The van der Waals surface area contributed by atoms with Gasteiger partial charge in [0.25, 0.3) is 5.78 Å². The Kier molecular flexibility index (Phi) is 1.43. The molecule has 2 heteroatoms. The van der Waals surface area contributed by atoms with Gasteiger partial charge >= 0.3 is 0 Å². The highest BCUT2D eigenvalue weighted by Crippen LogP contribution is 2.37. The zero-order valence-electron chi connectivity index (χ0n) is 8.69. The van der Waals surface area contributed by atoms with Crippen LogP contribution in [0.3, 0.4) is 0 Å². The first-order valence-electron chi connectivity index (χ1n) is 5.53. The highest BCUT2D eigenvalue weighted by molar-refractivity contribution is 6.06. The summed E-state index contributed by atoms with van der Waals surface area (Å²) in [7, 11) is 0. The lowest BCUT2D eigenvalue weighted by Crippen LogP contribution is -1.88. The molecule has 0 fully saturated rings. The lowest BCUT2D eigenvalue weighted by Gasteiger charge is -2.02. The molecule has 0 radical (unpaired) electrons. The van der Waals surface area contributed by atoms with Crippen molar-refractivity contribution in [2.24, 2.45) is 0 Å². The van der Waals surface area contributed by atoms with Gasteiger partial charge in [0.2, 0.25) is 0 Å². The molecule has 1 aromatic carbocycles. The minimum Gasteiger partial charge on any atom is -0.425 e. The van der Waals surface area contributed by atoms with E-state index in [9.17, 15) is 0 Å². The van der Waals surface area contributed by atoms with Gasteiger partial charge < -0.3 is 8.83 Å². The van der Waals surface area contributed by atoms with Crippen molar-refractivity contribution in [3.05, 3.63) is 41.7 Å². The number of aryl methyl sites for hydroxylation is 1. The van der Waals surface area contributed by atoms with Gasteiger partial charge in [-0.1, -0.05) is 24.3 Å². The van der Waals surface area contributed by atoms with Gasteiger partial charge in [-0.25, -0.2) is 0 Å². The number of furan rings is 2. The Morgan fingerprint density at radius 3 is 3.00 bits per heavy atom. The fourth-order valence-electron chi connectivity index (χ4n) is 2.47. The van der Waals surface area contributed by atoms with Crippen molar-refractivity contribution < 1.29 is 8.83 Å². The Labute approximate surface area is 92.1 Å². The summed E-state index contributed by atoms with van der Waals surface area (Å²) < 4.78 is 11.4. The van der Waals surface area contributed by atoms with Crippen molar-refractivity contribution >= 4 is 28.2 Å². The SMILES string of the molecule is C1=Cc2oc3oc4ccccc4c3c2CC1. The molecule has 2 aromatic heterocycles. The quantitative estimate of drug-likeness (QED) is 0.557. The number of hydrogen-bond acceptors (Lipinski definition) is 2. The van der Waals surface area contributed by atoms with Gasteiger partial charge in [0.1, 0.15) is 11.3 Å². The molecule has 2 heterocycles. The fraction of sp³-hybridized carbons (Fsp3) is 0.143. The van der Waals surface area contributed by atoms with E-state index in [0.717, 1.165) is 35.0 Å². The molecule has 0 unspecified atom stereocenters. The molecule has 1 aliphatic carbocycles. The van der Waals surface area contributed by atoms with Gasteiger partial charge in [-0.05, 0) is 25.0 Å². The first kappa shape index (κ1) is 8.22. The summed E-state index contributed by atoms with van der Waals surface area (Å²) in [5, 5.41) is 2.33. The normalized spacial score (nSPS) is 14.8. The molecular weight excluding hydrogens is 200 g/mol. The monoisotopic (exact) mass is 210 g/mol. The van der Waals surface area contributed by atoms with Crippen LogP contribution in [0.5, 0.6) is 0 Å². The number of hydrogen-bond donors (Lipinski definition) is 0. The second-order valence-electron chi connectivity index (χ2n) is 4.15. The van der Waals surface area contributed by atoms with Gasteiger partial charge in [0, 0.05) is 10.9 Å². The Morgan fingerprint density at radius 2 is 2.00 bits per heavy atom. The van der Waals surface area contributed by atoms with Crippen LogP contribution in [0, 0.1) is 0 Å². The number of fused-ring (bicyclic) bond motifs is 5. The van der Waals surface area contributed by atoms with Crippen LogP contribution in [-0.4, -0.2) is 0 Å². The summed E-state index contributed by atoms with van der Waals surface area (Å²) >= 11 is 0. The van der Waals surface area contributed by atoms with E-state index < -0.39 is 0 Å². The highest BCUT2D eigenvalue weighted by Gasteiger charge is 2.20. The van der Waals surface area contributed by atoms with Crippen LogP contribution in [-0.2, 0) is 6.42 Å². The third-order valence-electron chi connectivity index (χ3n) is 3.20. The van der Waals surface area contributed by atoms with Crippen molar-refractivity contribution in [2.75, 3.05) is 0 Å². The van der Waals surface area contributed by atoms with Crippen LogP contribution < -0.4 is 0 Å². The van der Waals surface area contributed by atoms with E-state index in [0.29, 0.717) is 5.78 Å². The molecule has 0 spiro atoms. The van der Waals surface area contributed by atoms with Crippen molar-refractivity contribution in [3.63, 3.8) is 0 Å². The molecule has 78 valence electrons. The summed E-state index contributed by atoms with van der Waals surface area (Å²) in [4.78, 5) is 0. The highest BCUT2D eigenvalue weighted by atomic mass is 16.5. The number of allylic oxidation sites excluding steroid dienone is 1. The molecule has 3 aromatic rings. The Bertz CT molecular complexity index is 713. The summed E-state index contributed by atoms with van der Waals surface area (Å²) in [5.41, 5.74) is 2.20. The maximum absolute atomic E-state index is 5.72. The zero-order valence-corrected chi connectivity index (χ0v) is 8.69. The van der Waals surface area contributed by atoms with Crippen LogP contribution in [0.15, 0.2) is 39.2 Å². The molecular formula is C14H10O2. The van der Waals surface area contributed by atoms with Crippen molar-refractivity contribution in [2.45, 2.75) is 12.8 Å². The molecule has 0 saturated heterocycles. The largest absolute Gasteiger partial charge is 0.425 e. The van der Waals surface area contributed by atoms with E-state index in [-0.39, 0.29) is 0 Å². The summed E-state index contributed by atoms with van der Waals surface area (Å²) in [6, 6.07) is 8.09. The number of para-hydroxylation sites is 1. The third-order valence-corrected chi connectivity index (χ3v) is 3.20. The summed E-state index contributed by atoms with van der Waals surface area (Å²) in [6.45, 7) is 0. The number of benzene rings is 1. The molecule has 0 bridgehead atoms. The van der Waals surface area contributed by atoms with E-state index in [1.807, 2.05) is 24.3 Å². The lowest BCUT2D eigenvalue weighted by atomic mass is 10.0. The first-order chi connectivity index (χ1) is 7.93. The van der Waals surface area contributed by atoms with E-state index >= 15 is 0 Å². The van der Waals surface area contributed by atoms with Gasteiger partial charge in [-0.3, -0.25) is 0 Å². The first-order valence-corrected chi connectivity index (χ1v) is 5.53. The van der Waals surface area contributed by atoms with E-state index in [1.54, 1.807) is 0 Å². The maximum Gasteiger partial charge on any atom is 0.299 e.